The lowest BCUT2D eigenvalue weighted by Crippen LogP contribution is -2.43. The number of hydrogen-bond donors (Lipinski definition) is 2. The largest absolute Gasteiger partial charge is 0.451 e. The SMILES string of the molecule is O=C(OCC(=O)N1CCC(C(=O)Nc2ccccc2)CC1)c1cc(-c2ccccc2)n[nH]1. The second-order valence-corrected chi connectivity index (χ2v) is 7.62. The predicted octanol–water partition coefficient (Wildman–Crippen LogP) is 3.11. The number of rotatable bonds is 6. The number of likely N-dealkylation sites (tertiary alicyclic amines) is 1. The predicted molar refractivity (Wildman–Crippen MR) is 119 cm³/mol. The summed E-state index contributed by atoms with van der Waals surface area (Å²) in [6.07, 6.45) is 1.14. The van der Waals surface area contributed by atoms with Crippen LogP contribution in [0.2, 0.25) is 0 Å². The summed E-state index contributed by atoms with van der Waals surface area (Å²) in [7, 11) is 0. The summed E-state index contributed by atoms with van der Waals surface area (Å²) in [5.41, 5.74) is 2.45. The number of esters is 1. The van der Waals surface area contributed by atoms with Crippen molar-refractivity contribution in [1.82, 2.24) is 15.1 Å². The highest BCUT2D eigenvalue weighted by Crippen LogP contribution is 2.20. The molecule has 1 aliphatic rings. The van der Waals surface area contributed by atoms with Gasteiger partial charge >= 0.3 is 5.97 Å². The number of H-pyrrole nitrogens is 1. The third-order valence-corrected chi connectivity index (χ3v) is 5.45. The third-order valence-electron chi connectivity index (χ3n) is 5.45. The number of ether oxygens (including phenoxy) is 1. The monoisotopic (exact) mass is 432 g/mol. The molecule has 1 aliphatic heterocycles. The minimum Gasteiger partial charge on any atom is -0.451 e. The Morgan fingerprint density at radius 1 is 1.00 bits per heavy atom. The zero-order valence-electron chi connectivity index (χ0n) is 17.5. The molecule has 0 radical (unpaired) electrons. The van der Waals surface area contributed by atoms with Crippen molar-refractivity contribution in [2.45, 2.75) is 12.8 Å². The third kappa shape index (κ3) is 5.21. The van der Waals surface area contributed by atoms with Gasteiger partial charge in [-0.3, -0.25) is 14.7 Å². The normalized spacial score (nSPS) is 14.1. The van der Waals surface area contributed by atoms with E-state index in [4.69, 9.17) is 4.74 Å². The summed E-state index contributed by atoms with van der Waals surface area (Å²) >= 11 is 0. The fourth-order valence-corrected chi connectivity index (χ4v) is 3.64. The van der Waals surface area contributed by atoms with Crippen LogP contribution >= 0.6 is 0 Å². The first kappa shape index (κ1) is 21.3. The van der Waals surface area contributed by atoms with Gasteiger partial charge in [-0.15, -0.1) is 0 Å². The van der Waals surface area contributed by atoms with Gasteiger partial charge in [0.05, 0.1) is 5.69 Å². The van der Waals surface area contributed by atoms with Crippen LogP contribution in [0.1, 0.15) is 23.3 Å². The molecule has 0 bridgehead atoms. The topological polar surface area (TPSA) is 104 Å². The molecule has 8 nitrogen and oxygen atoms in total. The highest BCUT2D eigenvalue weighted by molar-refractivity contribution is 5.93. The lowest BCUT2D eigenvalue weighted by molar-refractivity contribution is -0.137. The molecule has 2 heterocycles. The van der Waals surface area contributed by atoms with Crippen molar-refractivity contribution >= 4 is 23.5 Å². The van der Waals surface area contributed by atoms with Crippen LogP contribution in [0.15, 0.2) is 66.7 Å². The van der Waals surface area contributed by atoms with Gasteiger partial charge in [-0.05, 0) is 31.0 Å². The highest BCUT2D eigenvalue weighted by Gasteiger charge is 2.28. The second kappa shape index (κ2) is 9.91. The zero-order chi connectivity index (χ0) is 22.3. The van der Waals surface area contributed by atoms with Crippen molar-refractivity contribution in [3.63, 3.8) is 0 Å². The van der Waals surface area contributed by atoms with E-state index in [1.807, 2.05) is 60.7 Å². The smallest absolute Gasteiger partial charge is 0.356 e. The van der Waals surface area contributed by atoms with Crippen LogP contribution in [0.4, 0.5) is 5.69 Å². The maximum Gasteiger partial charge on any atom is 0.356 e. The van der Waals surface area contributed by atoms with E-state index in [-0.39, 0.29) is 30.0 Å². The van der Waals surface area contributed by atoms with Crippen molar-refractivity contribution in [1.29, 1.82) is 0 Å². The molecule has 4 rings (SSSR count). The molecule has 2 amide bonds. The summed E-state index contributed by atoms with van der Waals surface area (Å²) in [6.45, 7) is 0.552. The van der Waals surface area contributed by atoms with Crippen molar-refractivity contribution in [3.8, 4) is 11.3 Å². The first-order valence-electron chi connectivity index (χ1n) is 10.5. The molecule has 2 aromatic carbocycles. The second-order valence-electron chi connectivity index (χ2n) is 7.62. The number of aromatic nitrogens is 2. The molecule has 1 aromatic heterocycles. The number of piperidine rings is 1. The molecule has 0 atom stereocenters. The molecule has 3 aromatic rings. The Hall–Kier alpha value is -3.94. The number of amides is 2. The van der Waals surface area contributed by atoms with Gasteiger partial charge in [-0.1, -0.05) is 48.5 Å². The number of benzene rings is 2. The quantitative estimate of drug-likeness (QED) is 0.583. The number of hydrogen-bond acceptors (Lipinski definition) is 5. The van der Waals surface area contributed by atoms with E-state index in [2.05, 4.69) is 15.5 Å². The average Bonchev–Trinajstić information content (AvgIpc) is 3.34. The average molecular weight is 432 g/mol. The Bertz CT molecular complexity index is 1070. The molecule has 2 N–H and O–H groups in total. The molecule has 8 heteroatoms. The van der Waals surface area contributed by atoms with Gasteiger partial charge in [0.2, 0.25) is 5.91 Å². The molecular formula is C24H24N4O4. The van der Waals surface area contributed by atoms with Gasteiger partial charge < -0.3 is 15.0 Å². The Morgan fingerprint density at radius 2 is 1.66 bits per heavy atom. The molecule has 0 aliphatic carbocycles. The maximum absolute atomic E-state index is 12.5. The molecule has 0 spiro atoms. The van der Waals surface area contributed by atoms with Crippen molar-refractivity contribution in [2.24, 2.45) is 5.92 Å². The Kier molecular flexibility index (Phi) is 6.60. The van der Waals surface area contributed by atoms with Crippen molar-refractivity contribution in [3.05, 3.63) is 72.4 Å². The fourth-order valence-electron chi connectivity index (χ4n) is 3.64. The fraction of sp³-hybridized carbons (Fsp3) is 0.250. The van der Waals surface area contributed by atoms with Crippen LogP contribution in [-0.4, -0.2) is 52.6 Å². The van der Waals surface area contributed by atoms with Gasteiger partial charge in [-0.25, -0.2) is 4.79 Å². The van der Waals surface area contributed by atoms with Gasteiger partial charge in [0, 0.05) is 30.3 Å². The summed E-state index contributed by atoms with van der Waals surface area (Å²) in [5, 5.41) is 9.68. The van der Waals surface area contributed by atoms with Crippen LogP contribution in [0.3, 0.4) is 0 Å². The standard InChI is InChI=1S/C24H24N4O4/c29-22(16-32-24(31)21-15-20(26-27-21)17-7-3-1-4-8-17)28-13-11-18(12-14-28)23(30)25-19-9-5-2-6-10-19/h1-10,15,18H,11-14,16H2,(H,25,30)(H,26,27). The minimum atomic E-state index is -0.634. The summed E-state index contributed by atoms with van der Waals surface area (Å²) in [5.74, 6) is -1.10. The molecule has 1 fully saturated rings. The van der Waals surface area contributed by atoms with E-state index in [0.717, 1.165) is 11.3 Å². The molecular weight excluding hydrogens is 408 g/mol. The zero-order valence-corrected chi connectivity index (χ0v) is 17.5. The summed E-state index contributed by atoms with van der Waals surface area (Å²) in [4.78, 5) is 38.8. The van der Waals surface area contributed by atoms with Crippen LogP contribution in [0, 0.1) is 5.92 Å². The van der Waals surface area contributed by atoms with Crippen LogP contribution in [-0.2, 0) is 14.3 Å². The lowest BCUT2D eigenvalue weighted by atomic mass is 9.95. The van der Waals surface area contributed by atoms with E-state index < -0.39 is 5.97 Å². The number of nitrogens with zero attached hydrogens (tertiary/aromatic N) is 2. The van der Waals surface area contributed by atoms with E-state index in [9.17, 15) is 14.4 Å². The maximum atomic E-state index is 12.5. The Morgan fingerprint density at radius 3 is 2.34 bits per heavy atom. The van der Waals surface area contributed by atoms with E-state index in [0.29, 0.717) is 31.6 Å². The summed E-state index contributed by atoms with van der Waals surface area (Å²) < 4.78 is 5.16. The minimum absolute atomic E-state index is 0.0387. The Labute approximate surface area is 185 Å². The van der Waals surface area contributed by atoms with E-state index in [1.165, 1.54) is 0 Å². The number of aromatic amines is 1. The first-order valence-corrected chi connectivity index (χ1v) is 10.5. The first-order chi connectivity index (χ1) is 15.6. The van der Waals surface area contributed by atoms with E-state index in [1.54, 1.807) is 11.0 Å². The van der Waals surface area contributed by atoms with Gasteiger partial charge in [0.1, 0.15) is 5.69 Å². The number of anilines is 1. The number of nitrogens with one attached hydrogen (secondary N) is 2. The molecule has 164 valence electrons. The van der Waals surface area contributed by atoms with Gasteiger partial charge in [0.15, 0.2) is 6.61 Å². The Balaban J connectivity index is 1.23. The number of para-hydroxylation sites is 1. The van der Waals surface area contributed by atoms with Crippen LogP contribution < -0.4 is 5.32 Å². The van der Waals surface area contributed by atoms with Gasteiger partial charge in [0.25, 0.3) is 5.91 Å². The van der Waals surface area contributed by atoms with Crippen LogP contribution in [0.25, 0.3) is 11.3 Å². The highest BCUT2D eigenvalue weighted by atomic mass is 16.5. The van der Waals surface area contributed by atoms with E-state index >= 15 is 0 Å². The molecule has 0 unspecified atom stereocenters. The molecule has 0 saturated carbocycles. The van der Waals surface area contributed by atoms with Crippen molar-refractivity contribution in [2.75, 3.05) is 25.0 Å². The van der Waals surface area contributed by atoms with Crippen LogP contribution in [0.5, 0.6) is 0 Å². The molecule has 1 saturated heterocycles. The lowest BCUT2D eigenvalue weighted by Gasteiger charge is -2.31. The number of carbonyl (C=O) groups excluding carboxylic acids is 3. The van der Waals surface area contributed by atoms with Crippen molar-refractivity contribution < 1.29 is 19.1 Å². The van der Waals surface area contributed by atoms with Gasteiger partial charge in [-0.2, -0.15) is 5.10 Å². The number of carbonyl (C=O) groups is 3. The molecule has 32 heavy (non-hydrogen) atoms. The summed E-state index contributed by atoms with van der Waals surface area (Å²) in [6, 6.07) is 20.3.